The van der Waals surface area contributed by atoms with Gasteiger partial charge in [0.05, 0.1) is 19.1 Å². The number of esters is 2. The zero-order chi connectivity index (χ0) is 21.2. The number of allylic oxidation sites excluding steroid dienone is 1. The first-order chi connectivity index (χ1) is 13.9. The van der Waals surface area contributed by atoms with Crippen LogP contribution in [0.25, 0.3) is 6.08 Å². The largest absolute Gasteiger partial charge is 0.466 e. The number of hydrogen-bond donors (Lipinski definition) is 0. The van der Waals surface area contributed by atoms with Gasteiger partial charge >= 0.3 is 11.9 Å². The molecule has 0 aliphatic heterocycles. The van der Waals surface area contributed by atoms with Crippen molar-refractivity contribution in [3.63, 3.8) is 0 Å². The number of halogens is 1. The smallest absolute Gasteiger partial charge is 0.343 e. The van der Waals surface area contributed by atoms with Crippen LogP contribution in [0.4, 0.5) is 4.39 Å². The van der Waals surface area contributed by atoms with E-state index < -0.39 is 17.8 Å². The maximum absolute atomic E-state index is 14.2. The third-order valence-electron chi connectivity index (χ3n) is 3.62. The van der Waals surface area contributed by atoms with Gasteiger partial charge in [-0.25, -0.2) is 14.0 Å². The van der Waals surface area contributed by atoms with Crippen LogP contribution in [0.15, 0.2) is 61.2 Å². The van der Waals surface area contributed by atoms with Gasteiger partial charge in [0.25, 0.3) is 0 Å². The van der Waals surface area contributed by atoms with Crippen LogP contribution in [0.2, 0.25) is 0 Å². The van der Waals surface area contributed by atoms with Crippen molar-refractivity contribution in [2.75, 3.05) is 7.11 Å². The summed E-state index contributed by atoms with van der Waals surface area (Å²) in [6.07, 6.45) is 3.80. The van der Waals surface area contributed by atoms with E-state index in [1.165, 1.54) is 43.5 Å². The molecule has 0 saturated carbocycles. The van der Waals surface area contributed by atoms with Gasteiger partial charge in [-0.15, -0.1) is 0 Å². The average molecular weight is 392 g/mol. The Morgan fingerprint density at radius 3 is 2.48 bits per heavy atom. The molecule has 0 bridgehead atoms. The van der Waals surface area contributed by atoms with E-state index in [0.29, 0.717) is 11.1 Å². The molecule has 2 rings (SSSR count). The predicted octanol–water partition coefficient (Wildman–Crippen LogP) is 3.73. The molecule has 0 unspecified atom stereocenters. The maximum atomic E-state index is 14.2. The summed E-state index contributed by atoms with van der Waals surface area (Å²) in [5, 5.41) is 0. The Hall–Kier alpha value is -3.98. The van der Waals surface area contributed by atoms with Gasteiger partial charge in [-0.2, -0.15) is 0 Å². The Labute approximate surface area is 167 Å². The minimum absolute atomic E-state index is 0.0668. The van der Waals surface area contributed by atoms with Crippen LogP contribution < -0.4 is 4.74 Å². The first-order valence-corrected chi connectivity index (χ1v) is 8.45. The van der Waals surface area contributed by atoms with Gasteiger partial charge in [-0.05, 0) is 54.1 Å². The lowest BCUT2D eigenvalue weighted by Crippen LogP contribution is -2.09. The summed E-state index contributed by atoms with van der Waals surface area (Å²) < 4.78 is 23.7. The molecule has 0 aliphatic rings. The summed E-state index contributed by atoms with van der Waals surface area (Å²) in [5.74, 6) is 3.03. The number of hydrogen-bond acceptors (Lipinski definition) is 5. The molecule has 0 radical (unpaired) electrons. The van der Waals surface area contributed by atoms with E-state index in [4.69, 9.17) is 4.74 Å². The van der Waals surface area contributed by atoms with Crippen LogP contribution in [0.5, 0.6) is 5.75 Å². The number of carbonyl (C=O) groups excluding carboxylic acids is 3. The molecule has 0 fully saturated rings. The predicted molar refractivity (Wildman–Crippen MR) is 106 cm³/mol. The minimum Gasteiger partial charge on any atom is -0.466 e. The highest BCUT2D eigenvalue weighted by molar-refractivity contribution is 5.92. The average Bonchev–Trinajstić information content (AvgIpc) is 2.73. The Morgan fingerprint density at radius 2 is 1.86 bits per heavy atom. The Bertz CT molecular complexity index is 1020. The van der Waals surface area contributed by atoms with E-state index in [1.54, 1.807) is 12.1 Å². The Kier molecular flexibility index (Phi) is 7.63. The molecule has 0 aromatic heterocycles. The van der Waals surface area contributed by atoms with Gasteiger partial charge < -0.3 is 9.47 Å². The maximum Gasteiger partial charge on any atom is 0.343 e. The third kappa shape index (κ3) is 6.60. The molecule has 0 spiro atoms. The fourth-order valence-corrected chi connectivity index (χ4v) is 2.09. The van der Waals surface area contributed by atoms with Gasteiger partial charge in [0.1, 0.15) is 0 Å². The van der Waals surface area contributed by atoms with Crippen molar-refractivity contribution in [3.8, 4) is 17.6 Å². The van der Waals surface area contributed by atoms with E-state index in [2.05, 4.69) is 23.2 Å². The van der Waals surface area contributed by atoms with Gasteiger partial charge in [0.2, 0.25) is 0 Å². The lowest BCUT2D eigenvalue weighted by molar-refractivity contribution is -0.134. The fourth-order valence-electron chi connectivity index (χ4n) is 2.09. The second-order valence-corrected chi connectivity index (χ2v) is 5.66. The van der Waals surface area contributed by atoms with Crippen molar-refractivity contribution in [2.24, 2.45) is 0 Å². The summed E-state index contributed by atoms with van der Waals surface area (Å²) in [7, 11) is 1.23. The monoisotopic (exact) mass is 392 g/mol. The lowest BCUT2D eigenvalue weighted by Gasteiger charge is -2.06. The van der Waals surface area contributed by atoms with E-state index >= 15 is 0 Å². The van der Waals surface area contributed by atoms with Gasteiger partial charge in [-0.3, -0.25) is 4.79 Å². The summed E-state index contributed by atoms with van der Waals surface area (Å²) >= 11 is 0. The van der Waals surface area contributed by atoms with Crippen LogP contribution in [0, 0.1) is 17.7 Å². The summed E-state index contributed by atoms with van der Waals surface area (Å²) in [6.45, 7) is 3.36. The molecule has 0 N–H and O–H groups in total. The molecule has 5 nitrogen and oxygen atoms in total. The third-order valence-corrected chi connectivity index (χ3v) is 3.62. The molecule has 0 aliphatic carbocycles. The highest BCUT2D eigenvalue weighted by Gasteiger charge is 2.12. The van der Waals surface area contributed by atoms with Crippen LogP contribution in [-0.2, 0) is 14.3 Å². The Balaban J connectivity index is 2.04. The zero-order valence-corrected chi connectivity index (χ0v) is 15.6. The second kappa shape index (κ2) is 10.4. The summed E-state index contributed by atoms with van der Waals surface area (Å²) in [6, 6.07) is 10.1. The molecule has 0 amide bonds. The minimum atomic E-state index is -0.750. The van der Waals surface area contributed by atoms with Crippen molar-refractivity contribution in [3.05, 3.63) is 83.7 Å². The normalized spacial score (nSPS) is 10.0. The summed E-state index contributed by atoms with van der Waals surface area (Å²) in [5.41, 5.74) is 1.24. The second-order valence-electron chi connectivity index (χ2n) is 5.66. The fraction of sp³-hybridized carbons (Fsp3) is 0.0870. The van der Waals surface area contributed by atoms with E-state index in [9.17, 15) is 18.8 Å². The van der Waals surface area contributed by atoms with Gasteiger partial charge in [-0.1, -0.05) is 24.5 Å². The number of methoxy groups -OCH3 is 1. The molecule has 0 atom stereocenters. The number of carbonyl (C=O) groups is 3. The quantitative estimate of drug-likeness (QED) is 0.324. The highest BCUT2D eigenvalue weighted by Crippen LogP contribution is 2.20. The van der Waals surface area contributed by atoms with E-state index in [0.717, 1.165) is 12.1 Å². The molecule has 146 valence electrons. The van der Waals surface area contributed by atoms with Crippen molar-refractivity contribution in [1.29, 1.82) is 0 Å². The van der Waals surface area contributed by atoms with E-state index in [-0.39, 0.29) is 23.5 Å². The topological polar surface area (TPSA) is 69.7 Å². The first kappa shape index (κ1) is 21.3. The zero-order valence-electron chi connectivity index (χ0n) is 15.6. The van der Waals surface area contributed by atoms with Crippen LogP contribution in [0.1, 0.15) is 27.9 Å². The van der Waals surface area contributed by atoms with Crippen LogP contribution in [0.3, 0.4) is 0 Å². The molecule has 6 heteroatoms. The van der Waals surface area contributed by atoms with E-state index in [1.807, 2.05) is 0 Å². The number of benzene rings is 2. The number of ketones is 1. The first-order valence-electron chi connectivity index (χ1n) is 8.45. The molecular weight excluding hydrogens is 375 g/mol. The Morgan fingerprint density at radius 1 is 1.14 bits per heavy atom. The van der Waals surface area contributed by atoms with Crippen molar-refractivity contribution >= 4 is 23.8 Å². The standard InChI is InChI=1S/C23H17FO5/c1-3-19(25)6-4-5-16-7-11-18(12-8-16)23(27)29-21-13-9-17(15-20(21)24)10-14-22(26)28-2/h3,7-15H,1,6H2,2H3/b14-10+. The molecule has 29 heavy (non-hydrogen) atoms. The number of ether oxygens (including phenoxy) is 2. The SMILES string of the molecule is C=CC(=O)CC#Cc1ccc(C(=O)Oc2ccc(/C=C/C(=O)OC)cc2F)cc1. The van der Waals surface area contributed by atoms with Crippen LogP contribution in [-0.4, -0.2) is 24.8 Å². The molecular formula is C23H17FO5. The lowest BCUT2D eigenvalue weighted by atomic mass is 10.1. The van der Waals surface area contributed by atoms with Crippen molar-refractivity contribution < 1.29 is 28.2 Å². The molecule has 0 heterocycles. The van der Waals surface area contributed by atoms with Gasteiger partial charge in [0, 0.05) is 11.6 Å². The number of rotatable bonds is 6. The van der Waals surface area contributed by atoms with Gasteiger partial charge in [0.15, 0.2) is 17.3 Å². The molecule has 0 saturated heterocycles. The highest BCUT2D eigenvalue weighted by atomic mass is 19.1. The van der Waals surface area contributed by atoms with Crippen LogP contribution >= 0.6 is 0 Å². The van der Waals surface area contributed by atoms with Crippen molar-refractivity contribution in [1.82, 2.24) is 0 Å². The van der Waals surface area contributed by atoms with Crippen molar-refractivity contribution in [2.45, 2.75) is 6.42 Å². The molecule has 2 aromatic rings. The molecule has 2 aromatic carbocycles. The summed E-state index contributed by atoms with van der Waals surface area (Å²) in [4.78, 5) is 34.4.